The first-order valence-corrected chi connectivity index (χ1v) is 7.23. The normalized spacial score (nSPS) is 16.1. The molecular weight excluding hydrogens is 297 g/mol. The fraction of sp³-hybridized carbons (Fsp3) is 0.533. The van der Waals surface area contributed by atoms with E-state index in [1.807, 2.05) is 0 Å². The van der Waals surface area contributed by atoms with Crippen LogP contribution in [-0.4, -0.2) is 31.1 Å². The van der Waals surface area contributed by atoms with Gasteiger partial charge in [0.25, 0.3) is 0 Å². The summed E-state index contributed by atoms with van der Waals surface area (Å²) in [5.41, 5.74) is -1.16. The second-order valence-electron chi connectivity index (χ2n) is 5.24. The van der Waals surface area contributed by atoms with Gasteiger partial charge in [-0.1, -0.05) is 12.8 Å². The predicted octanol–water partition coefficient (Wildman–Crippen LogP) is 4.12. The summed E-state index contributed by atoms with van der Waals surface area (Å²) in [6.45, 7) is 1.15. The average Bonchev–Trinajstić information content (AvgIpc) is 2.75. The van der Waals surface area contributed by atoms with Crippen molar-refractivity contribution in [3.63, 3.8) is 0 Å². The first-order valence-electron chi connectivity index (χ1n) is 7.23. The van der Waals surface area contributed by atoms with Crippen molar-refractivity contribution in [3.05, 3.63) is 23.8 Å². The second kappa shape index (κ2) is 6.89. The molecule has 7 heteroatoms. The Bertz CT molecular complexity index is 524. The summed E-state index contributed by atoms with van der Waals surface area (Å²) in [6, 6.07) is 3.01. The Morgan fingerprint density at radius 3 is 2.36 bits per heavy atom. The summed E-state index contributed by atoms with van der Waals surface area (Å²) in [4.78, 5) is 13.7. The van der Waals surface area contributed by atoms with Gasteiger partial charge >= 0.3 is 12.2 Å². The van der Waals surface area contributed by atoms with Crippen LogP contribution in [0.4, 0.5) is 23.7 Å². The molecule has 1 aliphatic rings. The largest absolute Gasteiger partial charge is 0.497 e. The summed E-state index contributed by atoms with van der Waals surface area (Å²) in [5.74, 6) is 0.0973. The van der Waals surface area contributed by atoms with E-state index in [1.165, 1.54) is 19.2 Å². The van der Waals surface area contributed by atoms with E-state index >= 15 is 0 Å². The van der Waals surface area contributed by atoms with Crippen molar-refractivity contribution >= 4 is 11.7 Å². The van der Waals surface area contributed by atoms with E-state index in [0.717, 1.165) is 31.7 Å². The fourth-order valence-electron chi connectivity index (χ4n) is 2.46. The third-order valence-electron chi connectivity index (χ3n) is 3.67. The van der Waals surface area contributed by atoms with E-state index in [4.69, 9.17) is 4.74 Å². The fourth-order valence-corrected chi connectivity index (χ4v) is 2.46. The lowest BCUT2D eigenvalue weighted by Gasteiger charge is -2.22. The van der Waals surface area contributed by atoms with Gasteiger partial charge < -0.3 is 15.0 Å². The number of benzene rings is 1. The molecule has 0 bridgehead atoms. The lowest BCUT2D eigenvalue weighted by Crippen LogP contribution is -2.36. The third kappa shape index (κ3) is 4.05. The highest BCUT2D eigenvalue weighted by Gasteiger charge is 2.34. The van der Waals surface area contributed by atoms with Crippen molar-refractivity contribution in [2.75, 3.05) is 25.5 Å². The van der Waals surface area contributed by atoms with Crippen LogP contribution >= 0.6 is 0 Å². The van der Waals surface area contributed by atoms with Gasteiger partial charge in [0.2, 0.25) is 0 Å². The highest BCUT2D eigenvalue weighted by Crippen LogP contribution is 2.37. The topological polar surface area (TPSA) is 41.6 Å². The molecule has 1 heterocycles. The van der Waals surface area contributed by atoms with Gasteiger partial charge in [-0.2, -0.15) is 13.2 Å². The zero-order chi connectivity index (χ0) is 16.2. The lowest BCUT2D eigenvalue weighted by atomic mass is 10.1. The van der Waals surface area contributed by atoms with E-state index in [-0.39, 0.29) is 11.4 Å². The molecule has 0 spiro atoms. The van der Waals surface area contributed by atoms with Crippen molar-refractivity contribution in [2.45, 2.75) is 31.9 Å². The van der Waals surface area contributed by atoms with Gasteiger partial charge in [0, 0.05) is 13.1 Å². The Morgan fingerprint density at radius 2 is 1.82 bits per heavy atom. The van der Waals surface area contributed by atoms with Gasteiger partial charge in [0.05, 0.1) is 18.4 Å². The number of halogens is 3. The van der Waals surface area contributed by atoms with E-state index in [2.05, 4.69) is 5.32 Å². The molecule has 22 heavy (non-hydrogen) atoms. The molecule has 0 aliphatic carbocycles. The number of anilines is 1. The minimum absolute atomic E-state index is 0.0973. The molecule has 0 aromatic heterocycles. The van der Waals surface area contributed by atoms with Crippen molar-refractivity contribution in [1.29, 1.82) is 0 Å². The minimum atomic E-state index is -4.56. The molecule has 1 N–H and O–H groups in total. The van der Waals surface area contributed by atoms with Gasteiger partial charge in [-0.15, -0.1) is 0 Å². The Labute approximate surface area is 127 Å². The first-order chi connectivity index (χ1) is 10.4. The van der Waals surface area contributed by atoms with Gasteiger partial charge in [-0.3, -0.25) is 0 Å². The van der Waals surface area contributed by atoms with Crippen LogP contribution in [-0.2, 0) is 6.18 Å². The zero-order valence-electron chi connectivity index (χ0n) is 12.4. The quantitative estimate of drug-likeness (QED) is 0.891. The van der Waals surface area contributed by atoms with E-state index in [0.29, 0.717) is 13.1 Å². The van der Waals surface area contributed by atoms with Crippen molar-refractivity contribution in [3.8, 4) is 5.75 Å². The van der Waals surface area contributed by atoms with Gasteiger partial charge in [0.1, 0.15) is 5.75 Å². The van der Waals surface area contributed by atoms with E-state index in [1.54, 1.807) is 4.90 Å². The number of nitrogens with zero attached hydrogens (tertiary/aromatic N) is 1. The van der Waals surface area contributed by atoms with Crippen LogP contribution in [0.25, 0.3) is 0 Å². The number of likely N-dealkylation sites (tertiary alicyclic amines) is 1. The summed E-state index contributed by atoms with van der Waals surface area (Å²) in [5, 5.41) is 2.38. The highest BCUT2D eigenvalue weighted by molar-refractivity contribution is 5.90. The molecule has 122 valence electrons. The summed E-state index contributed by atoms with van der Waals surface area (Å²) in [7, 11) is 1.30. The molecule has 0 atom stereocenters. The van der Waals surface area contributed by atoms with Crippen LogP contribution in [0.15, 0.2) is 18.2 Å². The Morgan fingerprint density at radius 1 is 1.18 bits per heavy atom. The number of carbonyl (C=O) groups excluding carboxylic acids is 1. The zero-order valence-corrected chi connectivity index (χ0v) is 12.4. The summed E-state index contributed by atoms with van der Waals surface area (Å²) < 4.78 is 44.1. The van der Waals surface area contributed by atoms with Gasteiger partial charge in [-0.25, -0.2) is 4.79 Å². The predicted molar refractivity (Wildman–Crippen MR) is 77.1 cm³/mol. The van der Waals surface area contributed by atoms with Crippen molar-refractivity contribution < 1.29 is 22.7 Å². The first kappa shape index (κ1) is 16.5. The maximum absolute atomic E-state index is 13.1. The number of nitrogens with one attached hydrogen (secondary N) is 1. The van der Waals surface area contributed by atoms with E-state index in [9.17, 15) is 18.0 Å². The molecule has 1 aromatic carbocycles. The monoisotopic (exact) mass is 316 g/mol. The van der Waals surface area contributed by atoms with Crippen LogP contribution in [0, 0.1) is 0 Å². The Kier molecular flexibility index (Phi) is 5.15. The standard InChI is InChI=1S/C15H19F3N2O2/c1-22-11-6-7-13(12(10-11)15(16,17)18)19-14(21)20-8-4-2-3-5-9-20/h6-7,10H,2-5,8-9H2,1H3,(H,19,21). The molecule has 0 saturated carbocycles. The van der Waals surface area contributed by atoms with Crippen molar-refractivity contribution in [2.24, 2.45) is 0 Å². The number of hydrogen-bond donors (Lipinski definition) is 1. The van der Waals surface area contributed by atoms with Crippen LogP contribution in [0.2, 0.25) is 0 Å². The number of hydrogen-bond acceptors (Lipinski definition) is 2. The molecular formula is C15H19F3N2O2. The third-order valence-corrected chi connectivity index (χ3v) is 3.67. The number of urea groups is 1. The van der Waals surface area contributed by atoms with Crippen LogP contribution < -0.4 is 10.1 Å². The molecule has 0 radical (unpaired) electrons. The number of methoxy groups -OCH3 is 1. The Hall–Kier alpha value is -1.92. The van der Waals surface area contributed by atoms with Gasteiger partial charge in [0.15, 0.2) is 0 Å². The molecule has 1 aromatic rings. The molecule has 0 unspecified atom stereocenters. The number of ether oxygens (including phenoxy) is 1. The minimum Gasteiger partial charge on any atom is -0.497 e. The summed E-state index contributed by atoms with van der Waals surface area (Å²) >= 11 is 0. The Balaban J connectivity index is 2.19. The molecule has 2 amide bonds. The number of amides is 2. The van der Waals surface area contributed by atoms with Crippen LogP contribution in [0.5, 0.6) is 5.75 Å². The molecule has 1 saturated heterocycles. The van der Waals surface area contributed by atoms with Gasteiger partial charge in [-0.05, 0) is 31.0 Å². The number of alkyl halides is 3. The highest BCUT2D eigenvalue weighted by atomic mass is 19.4. The maximum atomic E-state index is 13.1. The maximum Gasteiger partial charge on any atom is 0.418 e. The molecule has 2 rings (SSSR count). The average molecular weight is 316 g/mol. The van der Waals surface area contributed by atoms with Crippen LogP contribution in [0.1, 0.15) is 31.2 Å². The van der Waals surface area contributed by atoms with Crippen molar-refractivity contribution in [1.82, 2.24) is 4.90 Å². The number of rotatable bonds is 2. The molecule has 1 fully saturated rings. The molecule has 4 nitrogen and oxygen atoms in total. The number of carbonyl (C=O) groups is 1. The van der Waals surface area contributed by atoms with Crippen LogP contribution in [0.3, 0.4) is 0 Å². The second-order valence-corrected chi connectivity index (χ2v) is 5.24. The smallest absolute Gasteiger partial charge is 0.418 e. The lowest BCUT2D eigenvalue weighted by molar-refractivity contribution is -0.137. The summed E-state index contributed by atoms with van der Waals surface area (Å²) in [6.07, 6.45) is -0.722. The SMILES string of the molecule is COc1ccc(NC(=O)N2CCCCCC2)c(C(F)(F)F)c1. The molecule has 1 aliphatic heterocycles. The van der Waals surface area contributed by atoms with E-state index < -0.39 is 17.8 Å².